The Morgan fingerprint density at radius 3 is 1.71 bits per heavy atom. The Morgan fingerprint density at radius 2 is 1.23 bits per heavy atom. The molecular weight excluding hydrogens is 446 g/mol. The Hall–Kier alpha value is -3.21. The molecule has 11 heteroatoms. The van der Waals surface area contributed by atoms with Crippen LogP contribution >= 0.6 is 11.8 Å². The van der Waals surface area contributed by atoms with Gasteiger partial charge in [-0.3, -0.25) is 10.1 Å². The molecule has 4 nitrogen and oxygen atoms in total. The normalized spacial score (nSPS) is 11.9. The van der Waals surface area contributed by atoms with Crippen LogP contribution in [0.2, 0.25) is 0 Å². The molecule has 1 N–H and O–H groups in total. The predicted octanol–water partition coefficient (Wildman–Crippen LogP) is 7.53. The molecular formula is C20H12F6N2O2S. The van der Waals surface area contributed by atoms with Crippen molar-refractivity contribution in [1.29, 1.82) is 0 Å². The van der Waals surface area contributed by atoms with E-state index in [2.05, 4.69) is 5.32 Å². The molecule has 162 valence electrons. The van der Waals surface area contributed by atoms with Crippen LogP contribution in [0.15, 0.2) is 76.5 Å². The fraction of sp³-hybridized carbons (Fsp3) is 0.100. The lowest BCUT2D eigenvalue weighted by molar-refractivity contribution is -0.385. The molecule has 3 rings (SSSR count). The maximum atomic E-state index is 12.7. The second-order valence-electron chi connectivity index (χ2n) is 6.30. The third-order valence-corrected chi connectivity index (χ3v) is 5.00. The molecule has 0 aliphatic rings. The Kier molecular flexibility index (Phi) is 6.16. The van der Waals surface area contributed by atoms with Crippen LogP contribution < -0.4 is 5.32 Å². The summed E-state index contributed by atoms with van der Waals surface area (Å²) in [5, 5.41) is 14.0. The molecule has 0 heterocycles. The highest BCUT2D eigenvalue weighted by molar-refractivity contribution is 7.99. The third-order valence-electron chi connectivity index (χ3n) is 4.02. The molecule has 0 saturated heterocycles. The molecule has 0 saturated carbocycles. The second-order valence-corrected chi connectivity index (χ2v) is 7.44. The fourth-order valence-electron chi connectivity index (χ4n) is 2.58. The van der Waals surface area contributed by atoms with Gasteiger partial charge < -0.3 is 5.32 Å². The van der Waals surface area contributed by atoms with E-state index in [4.69, 9.17) is 0 Å². The van der Waals surface area contributed by atoms with E-state index in [9.17, 15) is 36.5 Å². The number of nitrogens with zero attached hydrogens (tertiary/aromatic N) is 1. The molecule has 0 aliphatic heterocycles. The van der Waals surface area contributed by atoms with E-state index in [0.29, 0.717) is 9.79 Å². The summed E-state index contributed by atoms with van der Waals surface area (Å²) in [6.07, 6.45) is -8.97. The van der Waals surface area contributed by atoms with E-state index in [1.807, 2.05) is 0 Å². The lowest BCUT2D eigenvalue weighted by Crippen LogP contribution is -2.04. The lowest BCUT2D eigenvalue weighted by Gasteiger charge is -2.11. The van der Waals surface area contributed by atoms with Gasteiger partial charge in [0.25, 0.3) is 5.69 Å². The Labute approximate surface area is 176 Å². The van der Waals surface area contributed by atoms with E-state index >= 15 is 0 Å². The van der Waals surface area contributed by atoms with E-state index in [0.717, 1.165) is 36.0 Å². The minimum Gasteiger partial charge on any atom is -0.355 e. The molecule has 3 aromatic carbocycles. The smallest absolute Gasteiger partial charge is 0.355 e. The number of nitro benzene ring substituents is 1. The van der Waals surface area contributed by atoms with Gasteiger partial charge in [0.1, 0.15) is 0 Å². The zero-order chi connectivity index (χ0) is 22.8. The van der Waals surface area contributed by atoms with Gasteiger partial charge in [-0.25, -0.2) is 0 Å². The number of nitro groups is 1. The minimum absolute atomic E-state index is 0.239. The number of halogens is 6. The van der Waals surface area contributed by atoms with E-state index in [-0.39, 0.29) is 17.1 Å². The molecule has 0 aromatic heterocycles. The molecule has 0 atom stereocenters. The van der Waals surface area contributed by atoms with Crippen molar-refractivity contribution >= 4 is 28.8 Å². The zero-order valence-corrected chi connectivity index (χ0v) is 16.1. The van der Waals surface area contributed by atoms with Crippen molar-refractivity contribution in [3.8, 4) is 0 Å². The van der Waals surface area contributed by atoms with Gasteiger partial charge in [0.2, 0.25) is 0 Å². The molecule has 0 aliphatic carbocycles. The number of non-ortho nitro benzene ring substituents is 1. The molecule has 0 fully saturated rings. The number of alkyl halides is 6. The van der Waals surface area contributed by atoms with Crippen molar-refractivity contribution in [1.82, 2.24) is 0 Å². The van der Waals surface area contributed by atoms with E-state index in [1.165, 1.54) is 42.5 Å². The maximum absolute atomic E-state index is 12.7. The van der Waals surface area contributed by atoms with Crippen LogP contribution in [-0.4, -0.2) is 4.92 Å². The second kappa shape index (κ2) is 8.50. The van der Waals surface area contributed by atoms with Crippen LogP contribution in [0.4, 0.5) is 43.4 Å². The Bertz CT molecular complexity index is 1000. The summed E-state index contributed by atoms with van der Waals surface area (Å²) in [6, 6.07) is 12.4. The molecule has 3 aromatic rings. The topological polar surface area (TPSA) is 55.2 Å². The average Bonchev–Trinajstić information content (AvgIpc) is 2.67. The molecule has 0 bridgehead atoms. The monoisotopic (exact) mass is 458 g/mol. The number of hydrogen-bond acceptors (Lipinski definition) is 4. The molecule has 0 unspecified atom stereocenters. The summed E-state index contributed by atoms with van der Waals surface area (Å²) < 4.78 is 76.1. The first kappa shape index (κ1) is 22.5. The summed E-state index contributed by atoms with van der Waals surface area (Å²) in [5.41, 5.74) is -1.43. The Balaban J connectivity index is 1.85. The van der Waals surface area contributed by atoms with E-state index in [1.54, 1.807) is 0 Å². The summed E-state index contributed by atoms with van der Waals surface area (Å²) in [6.45, 7) is 0. The lowest BCUT2D eigenvalue weighted by atomic mass is 10.2. The Morgan fingerprint density at radius 1 is 0.710 bits per heavy atom. The number of anilines is 2. The van der Waals surface area contributed by atoms with Crippen molar-refractivity contribution in [3.63, 3.8) is 0 Å². The zero-order valence-electron chi connectivity index (χ0n) is 15.3. The van der Waals surface area contributed by atoms with Crippen LogP contribution in [-0.2, 0) is 12.4 Å². The van der Waals surface area contributed by atoms with Gasteiger partial charge in [0.05, 0.1) is 16.1 Å². The van der Waals surface area contributed by atoms with Crippen LogP contribution in [0.25, 0.3) is 0 Å². The predicted molar refractivity (Wildman–Crippen MR) is 103 cm³/mol. The van der Waals surface area contributed by atoms with E-state index < -0.39 is 28.4 Å². The molecule has 0 radical (unpaired) electrons. The van der Waals surface area contributed by atoms with Gasteiger partial charge in [0.15, 0.2) is 0 Å². The number of rotatable bonds is 5. The van der Waals surface area contributed by atoms with Crippen molar-refractivity contribution in [2.75, 3.05) is 5.32 Å². The van der Waals surface area contributed by atoms with Gasteiger partial charge in [-0.15, -0.1) is 0 Å². The van der Waals surface area contributed by atoms with Crippen LogP contribution in [0.5, 0.6) is 0 Å². The van der Waals surface area contributed by atoms with Crippen molar-refractivity contribution in [2.45, 2.75) is 22.1 Å². The van der Waals surface area contributed by atoms with Gasteiger partial charge in [-0.2, -0.15) is 26.3 Å². The largest absolute Gasteiger partial charge is 0.416 e. The molecule has 31 heavy (non-hydrogen) atoms. The molecule has 0 spiro atoms. The first-order valence-electron chi connectivity index (χ1n) is 8.51. The van der Waals surface area contributed by atoms with Gasteiger partial charge >= 0.3 is 12.4 Å². The quantitative estimate of drug-likeness (QED) is 0.244. The van der Waals surface area contributed by atoms with Crippen molar-refractivity contribution in [3.05, 3.63) is 88.0 Å². The van der Waals surface area contributed by atoms with Gasteiger partial charge in [-0.1, -0.05) is 11.8 Å². The highest BCUT2D eigenvalue weighted by Gasteiger charge is 2.30. The van der Waals surface area contributed by atoms with Gasteiger partial charge in [-0.05, 0) is 54.6 Å². The third kappa shape index (κ3) is 5.91. The van der Waals surface area contributed by atoms with Crippen LogP contribution in [0.1, 0.15) is 11.1 Å². The summed E-state index contributed by atoms with van der Waals surface area (Å²) in [5.74, 6) is 0. The first-order chi connectivity index (χ1) is 14.4. The summed E-state index contributed by atoms with van der Waals surface area (Å²) in [4.78, 5) is 11.4. The summed E-state index contributed by atoms with van der Waals surface area (Å²) in [7, 11) is 0. The molecule has 0 amide bonds. The highest BCUT2D eigenvalue weighted by atomic mass is 32.2. The van der Waals surface area contributed by atoms with Crippen LogP contribution in [0, 0.1) is 10.1 Å². The average molecular weight is 458 g/mol. The maximum Gasteiger partial charge on any atom is 0.416 e. The number of benzene rings is 3. The highest BCUT2D eigenvalue weighted by Crippen LogP contribution is 2.36. The van der Waals surface area contributed by atoms with Gasteiger partial charge in [0, 0.05) is 33.3 Å². The standard InChI is InChI=1S/C20H12F6N2O2S/c21-19(22,23)12-1-5-14(6-2-12)27-15-9-16(28(29)30)11-18(10-15)31-17-7-3-13(4-8-17)20(24,25)26/h1-11,27H. The van der Waals surface area contributed by atoms with Crippen LogP contribution in [0.3, 0.4) is 0 Å². The SMILES string of the molecule is O=[N+]([O-])c1cc(Nc2ccc(C(F)(F)F)cc2)cc(Sc2ccc(C(F)(F)F)cc2)c1. The minimum atomic E-state index is -4.49. The van der Waals surface area contributed by atoms with Crippen molar-refractivity contribution < 1.29 is 31.3 Å². The summed E-state index contributed by atoms with van der Waals surface area (Å²) >= 11 is 1.01. The first-order valence-corrected chi connectivity index (χ1v) is 9.32. The fourth-order valence-corrected chi connectivity index (χ4v) is 3.49. The number of nitrogens with one attached hydrogen (secondary N) is 1. The number of hydrogen-bond donors (Lipinski definition) is 1. The van der Waals surface area contributed by atoms with Crippen molar-refractivity contribution in [2.24, 2.45) is 0 Å².